The minimum absolute atomic E-state index is 0.0269. The topological polar surface area (TPSA) is 85.8 Å². The zero-order valence-corrected chi connectivity index (χ0v) is 9.10. The Balaban J connectivity index is 2.19. The van der Waals surface area contributed by atoms with Crippen LogP contribution in [0.3, 0.4) is 0 Å². The Kier molecular flexibility index (Phi) is 4.23. The maximum atomic E-state index is 11.2. The number of rotatable bonds is 5. The van der Waals surface area contributed by atoms with Crippen molar-refractivity contribution < 1.29 is 4.79 Å². The van der Waals surface area contributed by atoms with Gasteiger partial charge in [0.1, 0.15) is 6.33 Å². The van der Waals surface area contributed by atoms with Gasteiger partial charge in [-0.25, -0.2) is 4.98 Å². The molecule has 15 heavy (non-hydrogen) atoms. The predicted octanol–water partition coefficient (Wildman–Crippen LogP) is -0.789. The van der Waals surface area contributed by atoms with Crippen LogP contribution in [0.1, 0.15) is 19.2 Å². The van der Waals surface area contributed by atoms with E-state index in [1.54, 1.807) is 17.9 Å². The molecular weight excluding hydrogens is 194 g/mol. The standard InChI is InChI=1S/C9H17N5O/c1-7(10)5-9(15)11-4-3-8-12-6-14(2)13-8/h6-7H,3-5,10H2,1-2H3,(H,11,15). The van der Waals surface area contributed by atoms with Gasteiger partial charge in [-0.05, 0) is 6.92 Å². The minimum Gasteiger partial charge on any atom is -0.356 e. The Labute approximate surface area is 88.9 Å². The molecule has 0 aliphatic heterocycles. The molecule has 6 nitrogen and oxygen atoms in total. The first-order valence-electron chi connectivity index (χ1n) is 4.94. The summed E-state index contributed by atoms with van der Waals surface area (Å²) in [4.78, 5) is 15.3. The molecular formula is C9H17N5O. The maximum absolute atomic E-state index is 11.2. The molecule has 0 aliphatic rings. The Hall–Kier alpha value is -1.43. The van der Waals surface area contributed by atoms with E-state index in [0.29, 0.717) is 19.4 Å². The lowest BCUT2D eigenvalue weighted by atomic mass is 10.2. The summed E-state index contributed by atoms with van der Waals surface area (Å²) in [5.74, 6) is 0.708. The molecule has 84 valence electrons. The average Bonchev–Trinajstić information content (AvgIpc) is 2.50. The molecule has 6 heteroatoms. The molecule has 3 N–H and O–H groups in total. The Morgan fingerprint density at radius 1 is 1.73 bits per heavy atom. The lowest BCUT2D eigenvalue weighted by molar-refractivity contribution is -0.121. The number of aromatic nitrogens is 3. The number of aryl methyl sites for hydroxylation is 1. The fourth-order valence-electron chi connectivity index (χ4n) is 1.18. The van der Waals surface area contributed by atoms with Gasteiger partial charge < -0.3 is 11.1 Å². The van der Waals surface area contributed by atoms with Crippen molar-refractivity contribution in [3.8, 4) is 0 Å². The normalized spacial score (nSPS) is 12.5. The van der Waals surface area contributed by atoms with Crippen molar-refractivity contribution in [2.24, 2.45) is 12.8 Å². The number of hydrogen-bond donors (Lipinski definition) is 2. The molecule has 1 amide bonds. The van der Waals surface area contributed by atoms with E-state index in [0.717, 1.165) is 5.82 Å². The van der Waals surface area contributed by atoms with Gasteiger partial charge in [0.25, 0.3) is 0 Å². The Morgan fingerprint density at radius 2 is 2.47 bits per heavy atom. The number of carbonyl (C=O) groups is 1. The molecule has 1 atom stereocenters. The second kappa shape index (κ2) is 5.45. The van der Waals surface area contributed by atoms with E-state index in [9.17, 15) is 4.79 Å². The summed E-state index contributed by atoms with van der Waals surface area (Å²) >= 11 is 0. The second-order valence-electron chi connectivity index (χ2n) is 3.62. The molecule has 0 aliphatic carbocycles. The highest BCUT2D eigenvalue weighted by atomic mass is 16.1. The molecule has 1 unspecified atom stereocenters. The highest BCUT2D eigenvalue weighted by Crippen LogP contribution is 1.89. The minimum atomic E-state index is -0.0991. The summed E-state index contributed by atoms with van der Waals surface area (Å²) in [5, 5.41) is 6.86. The number of amides is 1. The third-order valence-electron chi connectivity index (χ3n) is 1.83. The molecule has 0 spiro atoms. The monoisotopic (exact) mass is 211 g/mol. The van der Waals surface area contributed by atoms with Gasteiger partial charge in [-0.2, -0.15) is 5.10 Å². The van der Waals surface area contributed by atoms with E-state index in [1.165, 1.54) is 0 Å². The van der Waals surface area contributed by atoms with Gasteiger partial charge >= 0.3 is 0 Å². The van der Waals surface area contributed by atoms with Crippen molar-refractivity contribution in [2.45, 2.75) is 25.8 Å². The van der Waals surface area contributed by atoms with Gasteiger partial charge in [0.15, 0.2) is 5.82 Å². The first kappa shape index (κ1) is 11.6. The van der Waals surface area contributed by atoms with Crippen LogP contribution in [0.25, 0.3) is 0 Å². The van der Waals surface area contributed by atoms with Crippen molar-refractivity contribution in [3.63, 3.8) is 0 Å². The molecule has 1 rings (SSSR count). The van der Waals surface area contributed by atoms with Crippen LogP contribution in [-0.2, 0) is 18.3 Å². The summed E-state index contributed by atoms with van der Waals surface area (Å²) in [7, 11) is 1.81. The SMILES string of the molecule is CC(N)CC(=O)NCCc1ncn(C)n1. The summed E-state index contributed by atoms with van der Waals surface area (Å²) in [6, 6.07) is -0.0991. The molecule has 0 saturated heterocycles. The van der Waals surface area contributed by atoms with E-state index in [1.807, 2.05) is 7.05 Å². The van der Waals surface area contributed by atoms with Gasteiger partial charge in [0, 0.05) is 32.5 Å². The van der Waals surface area contributed by atoms with Crippen molar-refractivity contribution in [1.29, 1.82) is 0 Å². The zero-order chi connectivity index (χ0) is 11.3. The lowest BCUT2D eigenvalue weighted by Gasteiger charge is -2.05. The largest absolute Gasteiger partial charge is 0.356 e. The van der Waals surface area contributed by atoms with Crippen LogP contribution < -0.4 is 11.1 Å². The zero-order valence-electron chi connectivity index (χ0n) is 9.10. The Morgan fingerprint density at radius 3 is 3.00 bits per heavy atom. The second-order valence-corrected chi connectivity index (χ2v) is 3.62. The van der Waals surface area contributed by atoms with Gasteiger partial charge in [-0.15, -0.1) is 0 Å². The third-order valence-corrected chi connectivity index (χ3v) is 1.83. The summed E-state index contributed by atoms with van der Waals surface area (Å²) < 4.78 is 1.64. The quantitative estimate of drug-likeness (QED) is 0.668. The van der Waals surface area contributed by atoms with Crippen molar-refractivity contribution in [3.05, 3.63) is 12.2 Å². The molecule has 0 bridgehead atoms. The number of nitrogens with two attached hydrogens (primary N) is 1. The fourth-order valence-corrected chi connectivity index (χ4v) is 1.18. The molecule has 1 aromatic rings. The highest BCUT2D eigenvalue weighted by Gasteiger charge is 2.04. The molecule has 0 radical (unpaired) electrons. The van der Waals surface area contributed by atoms with Crippen molar-refractivity contribution in [2.75, 3.05) is 6.54 Å². The van der Waals surface area contributed by atoms with E-state index >= 15 is 0 Å². The number of carbonyl (C=O) groups excluding carboxylic acids is 1. The van der Waals surface area contributed by atoms with E-state index < -0.39 is 0 Å². The van der Waals surface area contributed by atoms with Crippen LogP contribution in [0.4, 0.5) is 0 Å². The lowest BCUT2D eigenvalue weighted by Crippen LogP contribution is -2.31. The van der Waals surface area contributed by atoms with Crippen LogP contribution in [0.15, 0.2) is 6.33 Å². The van der Waals surface area contributed by atoms with Gasteiger partial charge in [-0.1, -0.05) is 0 Å². The van der Waals surface area contributed by atoms with Crippen LogP contribution in [0, 0.1) is 0 Å². The molecule has 0 aromatic carbocycles. The van der Waals surface area contributed by atoms with Gasteiger partial charge in [0.2, 0.25) is 5.91 Å². The third kappa shape index (κ3) is 4.55. The molecule has 1 heterocycles. The summed E-state index contributed by atoms with van der Waals surface area (Å²) in [6.45, 7) is 2.36. The summed E-state index contributed by atoms with van der Waals surface area (Å²) in [6.07, 6.45) is 2.64. The average molecular weight is 211 g/mol. The number of nitrogens with zero attached hydrogens (tertiary/aromatic N) is 3. The molecule has 0 fully saturated rings. The van der Waals surface area contributed by atoms with E-state index in [2.05, 4.69) is 15.4 Å². The van der Waals surface area contributed by atoms with Crippen molar-refractivity contribution >= 4 is 5.91 Å². The first-order chi connectivity index (χ1) is 7.08. The highest BCUT2D eigenvalue weighted by molar-refractivity contribution is 5.76. The van der Waals surface area contributed by atoms with Crippen LogP contribution in [-0.4, -0.2) is 33.3 Å². The number of nitrogens with one attached hydrogen (secondary N) is 1. The van der Waals surface area contributed by atoms with E-state index in [-0.39, 0.29) is 11.9 Å². The predicted molar refractivity (Wildman–Crippen MR) is 56.0 cm³/mol. The van der Waals surface area contributed by atoms with E-state index in [4.69, 9.17) is 5.73 Å². The fraction of sp³-hybridized carbons (Fsp3) is 0.667. The van der Waals surface area contributed by atoms with Crippen molar-refractivity contribution in [1.82, 2.24) is 20.1 Å². The van der Waals surface area contributed by atoms with Crippen LogP contribution >= 0.6 is 0 Å². The Bertz CT molecular complexity index is 320. The molecule has 1 aromatic heterocycles. The van der Waals surface area contributed by atoms with Gasteiger partial charge in [-0.3, -0.25) is 9.48 Å². The molecule has 0 saturated carbocycles. The van der Waals surface area contributed by atoms with Crippen LogP contribution in [0.2, 0.25) is 0 Å². The smallest absolute Gasteiger partial charge is 0.221 e. The maximum Gasteiger partial charge on any atom is 0.221 e. The van der Waals surface area contributed by atoms with Crippen LogP contribution in [0.5, 0.6) is 0 Å². The summed E-state index contributed by atoms with van der Waals surface area (Å²) in [5.41, 5.74) is 5.49. The first-order valence-corrected chi connectivity index (χ1v) is 4.94. The van der Waals surface area contributed by atoms with Gasteiger partial charge in [0.05, 0.1) is 0 Å². The number of hydrogen-bond acceptors (Lipinski definition) is 4.